The minimum Gasteiger partial charge on any atom is -0.507 e. The number of amides is 1. The maximum Gasteiger partial charge on any atom is 0.295 e. The number of aliphatic hydroxyl groups excluding tert-OH is 1. The Bertz CT molecular complexity index is 1080. The Hall–Kier alpha value is -3.52. The third-order valence-corrected chi connectivity index (χ3v) is 5.94. The molecule has 1 aliphatic rings. The molecule has 8 nitrogen and oxygen atoms in total. The van der Waals surface area contributed by atoms with Gasteiger partial charge in [-0.05, 0) is 36.8 Å². The topological polar surface area (TPSA) is 89.7 Å². The van der Waals surface area contributed by atoms with Crippen LogP contribution in [0.25, 0.3) is 5.76 Å². The van der Waals surface area contributed by atoms with Gasteiger partial charge in [0.15, 0.2) is 11.5 Å². The lowest BCUT2D eigenvalue weighted by Gasteiger charge is -2.27. The maximum atomic E-state index is 13.3. The van der Waals surface area contributed by atoms with Gasteiger partial charge in [0, 0.05) is 24.1 Å². The number of ether oxygens (including phenoxy) is 3. The average molecular weight is 484 g/mol. The third-order valence-electron chi connectivity index (χ3n) is 5.94. The number of para-hydroxylation sites is 1. The van der Waals surface area contributed by atoms with E-state index in [4.69, 9.17) is 14.2 Å². The van der Waals surface area contributed by atoms with Crippen LogP contribution in [0.3, 0.4) is 0 Å². The van der Waals surface area contributed by atoms with E-state index in [9.17, 15) is 14.7 Å². The van der Waals surface area contributed by atoms with Crippen LogP contribution >= 0.6 is 0 Å². The number of methoxy groups -OCH3 is 2. The van der Waals surface area contributed by atoms with Crippen LogP contribution in [0.1, 0.15) is 36.9 Å². The number of benzene rings is 2. The molecule has 0 saturated carbocycles. The molecule has 0 unspecified atom stereocenters. The molecule has 3 rings (SSSR count). The van der Waals surface area contributed by atoms with Gasteiger partial charge in [0.25, 0.3) is 11.7 Å². The lowest BCUT2D eigenvalue weighted by atomic mass is 9.94. The number of nitrogens with one attached hydrogen (secondary N) is 1. The van der Waals surface area contributed by atoms with Crippen molar-refractivity contribution >= 4 is 17.4 Å². The SMILES string of the molecule is CCCOc1ccc(C(O)=C2C(=O)C(=O)N(CCC[NH+](C)C)[C@H]2c2cccc(OC)c2OC)cc1. The van der Waals surface area contributed by atoms with Crippen molar-refractivity contribution in [3.63, 3.8) is 0 Å². The summed E-state index contributed by atoms with van der Waals surface area (Å²) in [6.45, 7) is 3.79. The molecule has 1 saturated heterocycles. The first-order chi connectivity index (χ1) is 16.8. The van der Waals surface area contributed by atoms with E-state index >= 15 is 0 Å². The van der Waals surface area contributed by atoms with Crippen LogP contribution in [0.15, 0.2) is 48.0 Å². The van der Waals surface area contributed by atoms with Crippen LogP contribution < -0.4 is 19.1 Å². The first-order valence-electron chi connectivity index (χ1n) is 11.9. The van der Waals surface area contributed by atoms with Gasteiger partial charge in [-0.2, -0.15) is 0 Å². The summed E-state index contributed by atoms with van der Waals surface area (Å²) in [5.41, 5.74) is 1.03. The highest BCUT2D eigenvalue weighted by atomic mass is 16.5. The minimum absolute atomic E-state index is 0.0287. The number of hydrogen-bond donors (Lipinski definition) is 2. The predicted molar refractivity (Wildman–Crippen MR) is 133 cm³/mol. The zero-order chi connectivity index (χ0) is 25.5. The Morgan fingerprint density at radius 1 is 1.06 bits per heavy atom. The summed E-state index contributed by atoms with van der Waals surface area (Å²) < 4.78 is 16.7. The summed E-state index contributed by atoms with van der Waals surface area (Å²) in [6, 6.07) is 11.3. The quantitative estimate of drug-likeness (QED) is 0.290. The molecule has 2 aromatic carbocycles. The normalized spacial score (nSPS) is 17.2. The van der Waals surface area contributed by atoms with Crippen molar-refractivity contribution in [1.82, 2.24) is 4.90 Å². The fraction of sp³-hybridized carbons (Fsp3) is 0.407. The zero-order valence-corrected chi connectivity index (χ0v) is 21.1. The number of rotatable bonds is 11. The molecule has 1 heterocycles. The van der Waals surface area contributed by atoms with E-state index in [-0.39, 0.29) is 11.3 Å². The van der Waals surface area contributed by atoms with Crippen molar-refractivity contribution in [2.45, 2.75) is 25.8 Å². The van der Waals surface area contributed by atoms with Gasteiger partial charge in [0.1, 0.15) is 11.5 Å². The summed E-state index contributed by atoms with van der Waals surface area (Å²) in [4.78, 5) is 29.2. The molecule has 0 bridgehead atoms. The van der Waals surface area contributed by atoms with Crippen LogP contribution in [-0.4, -0.2) is 69.7 Å². The lowest BCUT2D eigenvalue weighted by molar-refractivity contribution is -0.858. The van der Waals surface area contributed by atoms with Crippen LogP contribution in [-0.2, 0) is 9.59 Å². The highest BCUT2D eigenvalue weighted by molar-refractivity contribution is 6.46. The molecular formula is C27H35N2O6+. The number of nitrogens with zero attached hydrogens (tertiary/aromatic N) is 1. The molecule has 0 spiro atoms. The van der Waals surface area contributed by atoms with Gasteiger partial charge in [-0.25, -0.2) is 0 Å². The third kappa shape index (κ3) is 5.59. The Balaban J connectivity index is 2.12. The fourth-order valence-corrected chi connectivity index (χ4v) is 4.25. The minimum atomic E-state index is -0.812. The van der Waals surface area contributed by atoms with Crippen molar-refractivity contribution in [1.29, 1.82) is 0 Å². The molecule has 1 aliphatic heterocycles. The number of quaternary nitrogens is 1. The predicted octanol–water partition coefficient (Wildman–Crippen LogP) is 2.45. The van der Waals surface area contributed by atoms with Crippen molar-refractivity contribution in [2.24, 2.45) is 0 Å². The summed E-state index contributed by atoms with van der Waals surface area (Å²) >= 11 is 0. The number of likely N-dealkylation sites (tertiary alicyclic amines) is 1. The molecule has 188 valence electrons. The molecule has 1 atom stereocenters. The second-order valence-corrected chi connectivity index (χ2v) is 8.76. The van der Waals surface area contributed by atoms with Gasteiger partial charge in [-0.1, -0.05) is 19.1 Å². The van der Waals surface area contributed by atoms with Crippen LogP contribution in [0, 0.1) is 0 Å². The van der Waals surface area contributed by atoms with Gasteiger partial charge in [0.2, 0.25) is 0 Å². The van der Waals surface area contributed by atoms with Gasteiger partial charge in [-0.15, -0.1) is 0 Å². The van der Waals surface area contributed by atoms with Gasteiger partial charge >= 0.3 is 0 Å². The number of Topliss-reactive ketones (excluding diaryl/α,β-unsaturated/α-hetero) is 1. The van der Waals surface area contributed by atoms with Crippen LogP contribution in [0.5, 0.6) is 17.2 Å². The summed E-state index contributed by atoms with van der Waals surface area (Å²) in [6.07, 6.45) is 1.57. The Morgan fingerprint density at radius 3 is 2.37 bits per heavy atom. The van der Waals surface area contributed by atoms with Gasteiger partial charge in [0.05, 0.1) is 53.1 Å². The van der Waals surface area contributed by atoms with E-state index in [2.05, 4.69) is 0 Å². The highest BCUT2D eigenvalue weighted by Crippen LogP contribution is 2.45. The van der Waals surface area contributed by atoms with Crippen molar-refractivity contribution in [3.8, 4) is 17.2 Å². The van der Waals surface area contributed by atoms with E-state index in [1.807, 2.05) is 21.0 Å². The second kappa shape index (κ2) is 11.8. The number of carbonyl (C=O) groups excluding carboxylic acids is 2. The number of hydrogen-bond acceptors (Lipinski definition) is 6. The van der Waals surface area contributed by atoms with E-state index < -0.39 is 17.7 Å². The van der Waals surface area contributed by atoms with Crippen molar-refractivity contribution in [2.75, 3.05) is 48.0 Å². The first kappa shape index (κ1) is 26.1. The second-order valence-electron chi connectivity index (χ2n) is 8.76. The Morgan fingerprint density at radius 2 is 1.77 bits per heavy atom. The highest BCUT2D eigenvalue weighted by Gasteiger charge is 2.47. The molecular weight excluding hydrogens is 448 g/mol. The van der Waals surface area contributed by atoms with E-state index in [0.717, 1.165) is 13.0 Å². The number of ketones is 1. The average Bonchev–Trinajstić information content (AvgIpc) is 3.11. The fourth-order valence-electron chi connectivity index (χ4n) is 4.25. The summed E-state index contributed by atoms with van der Waals surface area (Å²) in [7, 11) is 7.10. The molecule has 1 amide bonds. The molecule has 2 aromatic rings. The molecule has 2 N–H and O–H groups in total. The zero-order valence-electron chi connectivity index (χ0n) is 21.1. The number of aliphatic hydroxyl groups is 1. The first-order valence-corrected chi connectivity index (χ1v) is 11.9. The monoisotopic (exact) mass is 483 g/mol. The van der Waals surface area contributed by atoms with Crippen molar-refractivity contribution in [3.05, 3.63) is 59.2 Å². The largest absolute Gasteiger partial charge is 0.507 e. The molecule has 0 aromatic heterocycles. The Labute approximate surface area is 206 Å². The molecule has 1 fully saturated rings. The maximum absolute atomic E-state index is 13.3. The van der Waals surface area contributed by atoms with Crippen LogP contribution in [0.2, 0.25) is 0 Å². The van der Waals surface area contributed by atoms with E-state index in [0.29, 0.717) is 47.9 Å². The summed E-state index contributed by atoms with van der Waals surface area (Å²) in [5, 5.41) is 11.3. The standard InChI is InChI=1S/C27H34N2O6/c1-6-17-35-19-13-11-18(12-14-19)24(30)22-23(20-9-7-10-21(33-4)26(20)34-5)29(27(32)25(22)31)16-8-15-28(2)3/h7,9-14,23,30H,6,8,15-17H2,1-5H3/p+1/t23-/m0/s1. The number of carbonyl (C=O) groups is 2. The van der Waals surface area contributed by atoms with Gasteiger partial charge in [-0.3, -0.25) is 9.59 Å². The van der Waals surface area contributed by atoms with Gasteiger partial charge < -0.3 is 29.1 Å². The molecule has 0 aliphatic carbocycles. The molecule has 35 heavy (non-hydrogen) atoms. The van der Waals surface area contributed by atoms with Crippen molar-refractivity contribution < 1.29 is 33.8 Å². The Kier molecular flexibility index (Phi) is 8.76. The van der Waals surface area contributed by atoms with E-state index in [1.54, 1.807) is 42.5 Å². The lowest BCUT2D eigenvalue weighted by Crippen LogP contribution is -3.05. The smallest absolute Gasteiger partial charge is 0.295 e. The molecule has 8 heteroatoms. The van der Waals surface area contributed by atoms with E-state index in [1.165, 1.54) is 24.0 Å². The van der Waals surface area contributed by atoms with Crippen LogP contribution in [0.4, 0.5) is 0 Å². The summed E-state index contributed by atoms with van der Waals surface area (Å²) in [5.74, 6) is -0.0360. The molecule has 0 radical (unpaired) electrons.